The minimum absolute atomic E-state index is 0.769. The molecule has 0 amide bonds. The van der Waals surface area contributed by atoms with E-state index in [1.807, 2.05) is 12.1 Å². The molecule has 0 unspecified atom stereocenters. The smallest absolute Gasteiger partial charge is 0.119 e. The van der Waals surface area contributed by atoms with Crippen LogP contribution < -0.4 is 15.8 Å². The van der Waals surface area contributed by atoms with Crippen molar-refractivity contribution in [3.63, 3.8) is 0 Å². The molecule has 1 saturated heterocycles. The first-order valence-electron chi connectivity index (χ1n) is 7.77. The van der Waals surface area contributed by atoms with Crippen molar-refractivity contribution in [2.45, 2.75) is 25.7 Å². The molecule has 4 nitrogen and oxygen atoms in total. The molecule has 112 valence electrons. The first kappa shape index (κ1) is 15.1. The highest BCUT2D eigenvalue weighted by atomic mass is 16.5. The van der Waals surface area contributed by atoms with Gasteiger partial charge in [-0.2, -0.15) is 0 Å². The molecule has 3 N–H and O–H groups in total. The Labute approximate surface area is 122 Å². The lowest BCUT2D eigenvalue weighted by Gasteiger charge is -2.15. The van der Waals surface area contributed by atoms with E-state index in [1.54, 1.807) is 0 Å². The maximum atomic E-state index is 5.78. The van der Waals surface area contributed by atoms with Gasteiger partial charge < -0.3 is 15.8 Å². The van der Waals surface area contributed by atoms with Crippen molar-refractivity contribution in [3.8, 4) is 5.75 Å². The third kappa shape index (κ3) is 5.39. The molecule has 2 rings (SSSR count). The van der Waals surface area contributed by atoms with E-state index in [0.717, 1.165) is 50.5 Å². The highest BCUT2D eigenvalue weighted by Crippen LogP contribution is 2.16. The second-order valence-corrected chi connectivity index (χ2v) is 5.34. The van der Waals surface area contributed by atoms with Gasteiger partial charge in [-0.15, -0.1) is 0 Å². The molecule has 1 aromatic rings. The molecule has 1 aliphatic rings. The Bertz CT molecular complexity index is 360. The van der Waals surface area contributed by atoms with Gasteiger partial charge in [0, 0.05) is 18.8 Å². The Morgan fingerprint density at radius 3 is 2.55 bits per heavy atom. The van der Waals surface area contributed by atoms with Gasteiger partial charge in [-0.05, 0) is 69.6 Å². The Hall–Kier alpha value is -1.26. The molecule has 0 aromatic heterocycles. The van der Waals surface area contributed by atoms with Gasteiger partial charge >= 0.3 is 0 Å². The van der Waals surface area contributed by atoms with E-state index in [-0.39, 0.29) is 0 Å². The summed E-state index contributed by atoms with van der Waals surface area (Å²) in [7, 11) is 0. The number of hydrogen-bond donors (Lipinski definition) is 2. The zero-order chi connectivity index (χ0) is 14.0. The van der Waals surface area contributed by atoms with Gasteiger partial charge in [0.2, 0.25) is 0 Å². The third-order valence-electron chi connectivity index (χ3n) is 3.69. The van der Waals surface area contributed by atoms with Crippen LogP contribution in [-0.4, -0.2) is 44.2 Å². The first-order valence-corrected chi connectivity index (χ1v) is 7.77. The molecular weight excluding hydrogens is 250 g/mol. The molecule has 0 aliphatic carbocycles. The molecule has 4 heteroatoms. The number of hydrogen-bond acceptors (Lipinski definition) is 4. The van der Waals surface area contributed by atoms with Gasteiger partial charge in [-0.3, -0.25) is 4.90 Å². The average molecular weight is 277 g/mol. The number of unbranched alkanes of at least 4 members (excludes halogenated alkanes) is 1. The number of nitrogens with one attached hydrogen (secondary N) is 1. The van der Waals surface area contributed by atoms with Gasteiger partial charge in [0.25, 0.3) is 0 Å². The fraction of sp³-hybridized carbons (Fsp3) is 0.625. The maximum Gasteiger partial charge on any atom is 0.119 e. The van der Waals surface area contributed by atoms with Crippen molar-refractivity contribution < 1.29 is 4.74 Å². The minimum atomic E-state index is 0.769. The summed E-state index contributed by atoms with van der Waals surface area (Å²) in [6.07, 6.45) is 4.87. The molecule has 1 heterocycles. The summed E-state index contributed by atoms with van der Waals surface area (Å²) in [4.78, 5) is 2.47. The van der Waals surface area contributed by atoms with Crippen LogP contribution in [0.4, 0.5) is 5.69 Å². The Morgan fingerprint density at radius 1 is 1.10 bits per heavy atom. The summed E-state index contributed by atoms with van der Waals surface area (Å²) in [5.74, 6) is 0.955. The fourth-order valence-electron chi connectivity index (χ4n) is 2.47. The van der Waals surface area contributed by atoms with Crippen LogP contribution in [0.5, 0.6) is 5.75 Å². The van der Waals surface area contributed by atoms with E-state index >= 15 is 0 Å². The lowest BCUT2D eigenvalue weighted by molar-refractivity contribution is 0.238. The molecule has 0 radical (unpaired) electrons. The predicted octanol–water partition coefficient (Wildman–Crippen LogP) is 2.31. The summed E-state index contributed by atoms with van der Waals surface area (Å²) in [5.41, 5.74) is 6.62. The summed E-state index contributed by atoms with van der Waals surface area (Å²) in [6.45, 7) is 6.03. The highest BCUT2D eigenvalue weighted by Gasteiger charge is 2.10. The lowest BCUT2D eigenvalue weighted by atomic mass is 10.2. The van der Waals surface area contributed by atoms with Crippen LogP contribution in [0, 0.1) is 0 Å². The van der Waals surface area contributed by atoms with Crippen LogP contribution in [0.3, 0.4) is 0 Å². The lowest BCUT2D eigenvalue weighted by Crippen LogP contribution is -2.25. The van der Waals surface area contributed by atoms with Gasteiger partial charge in [0.15, 0.2) is 0 Å². The molecule has 0 bridgehead atoms. The van der Waals surface area contributed by atoms with Gasteiger partial charge in [0.1, 0.15) is 12.4 Å². The number of likely N-dealkylation sites (tertiary alicyclic amines) is 1. The zero-order valence-electron chi connectivity index (χ0n) is 12.3. The first-order chi connectivity index (χ1) is 9.88. The summed E-state index contributed by atoms with van der Waals surface area (Å²) in [6, 6.07) is 8.23. The van der Waals surface area contributed by atoms with Crippen molar-refractivity contribution in [3.05, 3.63) is 24.3 Å². The van der Waals surface area contributed by atoms with Crippen LogP contribution in [0.1, 0.15) is 25.7 Å². The van der Waals surface area contributed by atoms with E-state index in [4.69, 9.17) is 10.5 Å². The Balaban J connectivity index is 1.63. The van der Waals surface area contributed by atoms with Crippen LogP contribution in [0.25, 0.3) is 0 Å². The topological polar surface area (TPSA) is 50.5 Å². The number of benzene rings is 1. The van der Waals surface area contributed by atoms with Crippen molar-refractivity contribution >= 4 is 5.69 Å². The highest BCUT2D eigenvalue weighted by molar-refractivity contribution is 5.46. The van der Waals surface area contributed by atoms with Crippen molar-refractivity contribution in [1.29, 1.82) is 0 Å². The largest absolute Gasteiger partial charge is 0.492 e. The number of ether oxygens (including phenoxy) is 1. The van der Waals surface area contributed by atoms with E-state index in [2.05, 4.69) is 22.3 Å². The molecule has 1 aromatic carbocycles. The second-order valence-electron chi connectivity index (χ2n) is 5.34. The van der Waals surface area contributed by atoms with E-state index < -0.39 is 0 Å². The monoisotopic (exact) mass is 277 g/mol. The zero-order valence-corrected chi connectivity index (χ0v) is 12.3. The molecule has 1 fully saturated rings. The standard InChI is InChI=1S/C16H27N3O/c17-9-1-2-10-18-15-5-7-16(8-6-15)20-14-13-19-11-3-4-12-19/h5-8,18H,1-4,9-14,17H2. The Kier molecular flexibility index (Phi) is 6.68. The van der Waals surface area contributed by atoms with E-state index in [9.17, 15) is 0 Å². The van der Waals surface area contributed by atoms with Crippen LogP contribution in [-0.2, 0) is 0 Å². The average Bonchev–Trinajstić information content (AvgIpc) is 2.98. The molecule has 1 aliphatic heterocycles. The van der Waals surface area contributed by atoms with E-state index in [1.165, 1.54) is 25.9 Å². The number of nitrogens with two attached hydrogens (primary N) is 1. The molecule has 20 heavy (non-hydrogen) atoms. The number of nitrogens with zero attached hydrogens (tertiary/aromatic N) is 1. The van der Waals surface area contributed by atoms with E-state index in [0.29, 0.717) is 0 Å². The summed E-state index contributed by atoms with van der Waals surface area (Å²) < 4.78 is 5.78. The minimum Gasteiger partial charge on any atom is -0.492 e. The van der Waals surface area contributed by atoms with Crippen LogP contribution >= 0.6 is 0 Å². The van der Waals surface area contributed by atoms with Crippen LogP contribution in [0.15, 0.2) is 24.3 Å². The quantitative estimate of drug-likeness (QED) is 0.680. The second kappa shape index (κ2) is 8.82. The van der Waals surface area contributed by atoms with Crippen molar-refractivity contribution in [2.24, 2.45) is 5.73 Å². The van der Waals surface area contributed by atoms with Crippen molar-refractivity contribution in [1.82, 2.24) is 4.90 Å². The van der Waals surface area contributed by atoms with Crippen molar-refractivity contribution in [2.75, 3.05) is 44.6 Å². The molecule has 0 spiro atoms. The molecule has 0 atom stereocenters. The van der Waals surface area contributed by atoms with Gasteiger partial charge in [-0.1, -0.05) is 0 Å². The van der Waals surface area contributed by atoms with Crippen LogP contribution in [0.2, 0.25) is 0 Å². The van der Waals surface area contributed by atoms with Gasteiger partial charge in [-0.25, -0.2) is 0 Å². The fourth-order valence-corrected chi connectivity index (χ4v) is 2.47. The SMILES string of the molecule is NCCCCNc1ccc(OCCN2CCCC2)cc1. The molecular formula is C16H27N3O. The summed E-state index contributed by atoms with van der Waals surface area (Å²) >= 11 is 0. The number of rotatable bonds is 9. The normalized spacial score (nSPS) is 15.4. The third-order valence-corrected chi connectivity index (χ3v) is 3.69. The predicted molar refractivity (Wildman–Crippen MR) is 84.4 cm³/mol. The van der Waals surface area contributed by atoms with Gasteiger partial charge in [0.05, 0.1) is 0 Å². The summed E-state index contributed by atoms with van der Waals surface area (Å²) in [5, 5.41) is 3.39. The Morgan fingerprint density at radius 2 is 1.85 bits per heavy atom. The molecule has 0 saturated carbocycles. The number of anilines is 1. The maximum absolute atomic E-state index is 5.78.